The van der Waals surface area contributed by atoms with Gasteiger partial charge in [0.25, 0.3) is 5.91 Å². The average molecular weight is 551 g/mol. The number of nitrogens with one attached hydrogen (secondary N) is 2. The van der Waals surface area contributed by atoms with Crippen LogP contribution in [0.5, 0.6) is 5.75 Å². The lowest BCUT2D eigenvalue weighted by atomic mass is 9.75. The van der Waals surface area contributed by atoms with Crippen LogP contribution in [0.4, 0.5) is 0 Å². The molecule has 2 heterocycles. The van der Waals surface area contributed by atoms with Crippen molar-refractivity contribution in [2.24, 2.45) is 17.8 Å². The zero-order chi connectivity index (χ0) is 29.0. The van der Waals surface area contributed by atoms with Crippen molar-refractivity contribution >= 4 is 23.5 Å². The molecule has 10 nitrogen and oxygen atoms in total. The average Bonchev–Trinajstić information content (AvgIpc) is 2.91. The second-order valence-corrected chi connectivity index (χ2v) is 11.1. The monoisotopic (exact) mass is 550 g/mol. The molecule has 1 saturated carbocycles. The molecule has 0 bridgehead atoms. The Balaban J connectivity index is 1.70. The van der Waals surface area contributed by atoms with Gasteiger partial charge in [0.15, 0.2) is 11.5 Å². The normalized spacial score (nSPS) is 28.6. The first-order chi connectivity index (χ1) is 19.1. The molecule has 2 fully saturated rings. The highest BCUT2D eigenvalue weighted by Gasteiger charge is 2.43. The van der Waals surface area contributed by atoms with E-state index in [2.05, 4.69) is 15.6 Å². The third kappa shape index (κ3) is 6.33. The van der Waals surface area contributed by atoms with E-state index in [1.165, 1.54) is 23.2 Å². The van der Waals surface area contributed by atoms with Crippen LogP contribution in [0, 0.1) is 17.8 Å². The van der Waals surface area contributed by atoms with E-state index in [-0.39, 0.29) is 41.9 Å². The minimum absolute atomic E-state index is 0.00776. The van der Waals surface area contributed by atoms with Crippen LogP contribution >= 0.6 is 0 Å². The van der Waals surface area contributed by atoms with Crippen molar-refractivity contribution in [3.63, 3.8) is 0 Å². The third-order valence-corrected chi connectivity index (χ3v) is 8.29. The molecule has 3 amide bonds. The molecule has 1 aliphatic carbocycles. The summed E-state index contributed by atoms with van der Waals surface area (Å²) in [5.41, 5.74) is 0.605. The number of amides is 3. The summed E-state index contributed by atoms with van der Waals surface area (Å²) in [5.74, 6) is -3.79. The predicted octanol–water partition coefficient (Wildman–Crippen LogP) is 1.85. The fourth-order valence-corrected chi connectivity index (χ4v) is 5.70. The Labute approximate surface area is 234 Å². The van der Waals surface area contributed by atoms with Gasteiger partial charge in [-0.3, -0.25) is 19.2 Å². The summed E-state index contributed by atoms with van der Waals surface area (Å²) in [6, 6.07) is 9.39. The highest BCUT2D eigenvalue weighted by molar-refractivity contribution is 5.98. The number of aliphatic hydroxyl groups excluding tert-OH is 1. The molecule has 4 N–H and O–H groups in total. The van der Waals surface area contributed by atoms with Crippen molar-refractivity contribution in [1.29, 1.82) is 0 Å². The lowest BCUT2D eigenvalue weighted by Crippen LogP contribution is -2.60. The van der Waals surface area contributed by atoms with Crippen molar-refractivity contribution in [2.45, 2.75) is 70.2 Å². The summed E-state index contributed by atoms with van der Waals surface area (Å²) in [5, 5.41) is 27.1. The molecule has 1 aromatic carbocycles. The second-order valence-electron chi connectivity index (χ2n) is 11.1. The number of carbonyl (C=O) groups excluding carboxylic acids is 4. The van der Waals surface area contributed by atoms with Gasteiger partial charge in [0.05, 0.1) is 24.1 Å². The molecule has 1 aromatic heterocycles. The lowest BCUT2D eigenvalue weighted by Gasteiger charge is -2.41. The minimum Gasteiger partial charge on any atom is -0.505 e. The molecule has 10 heteroatoms. The number of pyridine rings is 1. The number of aromatic nitrogens is 1. The highest BCUT2D eigenvalue weighted by Crippen LogP contribution is 2.34. The molecule has 1 unspecified atom stereocenters. The number of hydrogen-bond donors (Lipinski definition) is 4. The number of rotatable bonds is 5. The smallest absolute Gasteiger partial charge is 0.274 e. The molecule has 6 atom stereocenters. The lowest BCUT2D eigenvalue weighted by molar-refractivity contribution is -0.148. The molecular weight excluding hydrogens is 512 g/mol. The standard InChI is InChI=1S/C30H38N4O6/c1-17-15-23(36)26(20-11-7-12-20)34(3)30(40)18(2)27(37)21(16-19-9-5-4-6-10-19)32-28(38)24(17)33-29(39)25-22(35)13-8-14-31-25/h4-6,8-10,13-14,17-18,20-21,24,26-27,35,37H,7,11-12,15-16H2,1-3H3,(H,32,38)(H,33,39)/t17-,18+,21-,24-,26?,27-/m0/s1. The number of benzene rings is 1. The quantitative estimate of drug-likeness (QED) is 0.444. The third-order valence-electron chi connectivity index (χ3n) is 8.29. The zero-order valence-electron chi connectivity index (χ0n) is 23.1. The van der Waals surface area contributed by atoms with Crippen molar-refractivity contribution in [3.8, 4) is 5.75 Å². The number of ketones is 1. The van der Waals surface area contributed by atoms with Crippen LogP contribution in [0.25, 0.3) is 0 Å². The summed E-state index contributed by atoms with van der Waals surface area (Å²) < 4.78 is 0. The molecule has 1 aliphatic heterocycles. The van der Waals surface area contributed by atoms with Crippen molar-refractivity contribution < 1.29 is 29.4 Å². The SMILES string of the molecule is C[C@H]1CC(=O)C(C2CCC2)N(C)C(=O)[C@H](C)[C@H](O)[C@H](Cc2ccccc2)NC(=O)[C@H]1NC(=O)c1ncccc1O. The minimum atomic E-state index is -1.26. The predicted molar refractivity (Wildman–Crippen MR) is 147 cm³/mol. The van der Waals surface area contributed by atoms with Crippen LogP contribution in [-0.2, 0) is 20.8 Å². The van der Waals surface area contributed by atoms with E-state index in [0.717, 1.165) is 24.8 Å². The van der Waals surface area contributed by atoms with Gasteiger partial charge in [-0.25, -0.2) is 4.98 Å². The van der Waals surface area contributed by atoms with E-state index < -0.39 is 47.9 Å². The van der Waals surface area contributed by atoms with Gasteiger partial charge in [0.1, 0.15) is 11.8 Å². The second kappa shape index (κ2) is 12.6. The molecule has 214 valence electrons. The molecule has 1 saturated heterocycles. The van der Waals surface area contributed by atoms with Crippen LogP contribution in [0.15, 0.2) is 48.7 Å². The van der Waals surface area contributed by atoms with Gasteiger partial charge in [-0.1, -0.05) is 50.6 Å². The summed E-state index contributed by atoms with van der Waals surface area (Å²) in [4.78, 5) is 59.4. The van der Waals surface area contributed by atoms with E-state index in [1.54, 1.807) is 20.9 Å². The number of carbonyl (C=O) groups is 4. The van der Waals surface area contributed by atoms with Crippen LogP contribution in [0.3, 0.4) is 0 Å². The van der Waals surface area contributed by atoms with Gasteiger partial charge in [0, 0.05) is 19.7 Å². The summed E-state index contributed by atoms with van der Waals surface area (Å²) in [6.45, 7) is 3.30. The van der Waals surface area contributed by atoms with Crippen LogP contribution in [-0.4, -0.2) is 74.9 Å². The fraction of sp³-hybridized carbons (Fsp3) is 0.500. The number of nitrogens with zero attached hydrogens (tertiary/aromatic N) is 2. The Morgan fingerprint density at radius 1 is 1.10 bits per heavy atom. The first-order valence-corrected chi connectivity index (χ1v) is 13.8. The Morgan fingerprint density at radius 3 is 2.42 bits per heavy atom. The van der Waals surface area contributed by atoms with E-state index in [9.17, 15) is 29.4 Å². The summed E-state index contributed by atoms with van der Waals surface area (Å²) in [6.07, 6.45) is 2.89. The number of hydrogen-bond acceptors (Lipinski definition) is 7. The van der Waals surface area contributed by atoms with Gasteiger partial charge in [-0.05, 0) is 48.8 Å². The van der Waals surface area contributed by atoms with Crippen molar-refractivity contribution in [1.82, 2.24) is 20.5 Å². The van der Waals surface area contributed by atoms with E-state index in [0.29, 0.717) is 0 Å². The Kier molecular flexibility index (Phi) is 9.19. The molecule has 0 spiro atoms. The van der Waals surface area contributed by atoms with Crippen LogP contribution < -0.4 is 10.6 Å². The Morgan fingerprint density at radius 2 is 1.80 bits per heavy atom. The van der Waals surface area contributed by atoms with E-state index in [1.807, 2.05) is 30.3 Å². The van der Waals surface area contributed by atoms with Crippen LogP contribution in [0.2, 0.25) is 0 Å². The van der Waals surface area contributed by atoms with E-state index >= 15 is 0 Å². The topological polar surface area (TPSA) is 149 Å². The largest absolute Gasteiger partial charge is 0.505 e. The number of aliphatic hydroxyl groups is 1. The van der Waals surface area contributed by atoms with Gasteiger partial charge in [-0.2, -0.15) is 0 Å². The number of Topliss-reactive ketones (excluding diaryl/α,β-unsaturated/α-hetero) is 1. The Hall–Kier alpha value is -3.79. The van der Waals surface area contributed by atoms with Gasteiger partial charge < -0.3 is 25.7 Å². The van der Waals surface area contributed by atoms with Crippen molar-refractivity contribution in [2.75, 3.05) is 7.05 Å². The number of likely N-dealkylation sites (N-methyl/N-ethyl adjacent to an activating group) is 1. The fourth-order valence-electron chi connectivity index (χ4n) is 5.70. The zero-order valence-corrected chi connectivity index (χ0v) is 23.1. The maximum Gasteiger partial charge on any atom is 0.274 e. The molecule has 2 aliphatic rings. The van der Waals surface area contributed by atoms with Gasteiger partial charge in [-0.15, -0.1) is 0 Å². The molecule has 0 radical (unpaired) electrons. The van der Waals surface area contributed by atoms with Gasteiger partial charge in [0.2, 0.25) is 11.8 Å². The molecule has 4 rings (SSSR count). The van der Waals surface area contributed by atoms with Gasteiger partial charge >= 0.3 is 0 Å². The molecule has 2 aromatic rings. The Bertz CT molecular complexity index is 1230. The molecular formula is C30H38N4O6. The number of aromatic hydroxyl groups is 1. The van der Waals surface area contributed by atoms with Crippen molar-refractivity contribution in [3.05, 3.63) is 59.9 Å². The van der Waals surface area contributed by atoms with E-state index in [4.69, 9.17) is 0 Å². The maximum absolute atomic E-state index is 13.8. The summed E-state index contributed by atoms with van der Waals surface area (Å²) in [7, 11) is 1.61. The highest BCUT2D eigenvalue weighted by atomic mass is 16.3. The summed E-state index contributed by atoms with van der Waals surface area (Å²) >= 11 is 0. The van der Waals surface area contributed by atoms with Crippen LogP contribution in [0.1, 0.15) is 55.6 Å². The maximum atomic E-state index is 13.8. The first kappa shape index (κ1) is 29.2. The first-order valence-electron chi connectivity index (χ1n) is 13.8. The molecule has 40 heavy (non-hydrogen) atoms.